The molecule has 0 saturated carbocycles. The van der Waals surface area contributed by atoms with Gasteiger partial charge in [-0.15, -0.1) is 0 Å². The van der Waals surface area contributed by atoms with Crippen LogP contribution in [-0.4, -0.2) is 13.1 Å². The highest BCUT2D eigenvalue weighted by atomic mass is 16.5. The molecule has 0 heterocycles. The fourth-order valence-corrected chi connectivity index (χ4v) is 3.35. The summed E-state index contributed by atoms with van der Waals surface area (Å²) in [5.74, 6) is 1.09. The van der Waals surface area contributed by atoms with Crippen LogP contribution in [0.1, 0.15) is 30.0 Å². The third-order valence-electron chi connectivity index (χ3n) is 4.60. The first-order valence-electron chi connectivity index (χ1n) is 8.23. The second-order valence-corrected chi connectivity index (χ2v) is 6.09. The summed E-state index contributed by atoms with van der Waals surface area (Å²) in [5, 5.41) is 1.89. The van der Waals surface area contributed by atoms with E-state index < -0.39 is 5.97 Å². The Balaban J connectivity index is 2.34. The number of benzene rings is 2. The van der Waals surface area contributed by atoms with Crippen molar-refractivity contribution in [2.75, 3.05) is 7.11 Å². The molecule has 3 rings (SSSR count). The van der Waals surface area contributed by atoms with Crippen LogP contribution in [0.15, 0.2) is 42.5 Å². The SMILES string of the molecule is C=CC(=O)Oc1c2c(c(OC)c3cc(C)ccc13)CC=C(CC)C2. The lowest BCUT2D eigenvalue weighted by atomic mass is 9.86. The number of aryl methyl sites for hydroxylation is 1. The summed E-state index contributed by atoms with van der Waals surface area (Å²) in [6.07, 6.45) is 6.03. The normalized spacial score (nSPS) is 13.2. The fraction of sp³-hybridized carbons (Fsp3) is 0.286. The highest BCUT2D eigenvalue weighted by Gasteiger charge is 2.24. The number of fused-ring (bicyclic) bond motifs is 2. The number of carbonyl (C=O) groups excluding carboxylic acids is 1. The first-order valence-corrected chi connectivity index (χ1v) is 8.23. The molecule has 0 fully saturated rings. The summed E-state index contributed by atoms with van der Waals surface area (Å²) >= 11 is 0. The Labute approximate surface area is 142 Å². The van der Waals surface area contributed by atoms with Gasteiger partial charge in [-0.1, -0.05) is 42.8 Å². The van der Waals surface area contributed by atoms with E-state index >= 15 is 0 Å². The maximum Gasteiger partial charge on any atom is 0.335 e. The predicted molar refractivity (Wildman–Crippen MR) is 96.9 cm³/mol. The molecule has 0 bridgehead atoms. The number of hydrogen-bond acceptors (Lipinski definition) is 3. The second kappa shape index (κ2) is 6.52. The van der Waals surface area contributed by atoms with Crippen LogP contribution in [0.25, 0.3) is 10.8 Å². The van der Waals surface area contributed by atoms with Gasteiger partial charge in [0.1, 0.15) is 11.5 Å². The van der Waals surface area contributed by atoms with Crippen molar-refractivity contribution in [2.45, 2.75) is 33.1 Å². The topological polar surface area (TPSA) is 35.5 Å². The third-order valence-corrected chi connectivity index (χ3v) is 4.60. The van der Waals surface area contributed by atoms with E-state index in [0.29, 0.717) is 5.75 Å². The summed E-state index contributed by atoms with van der Waals surface area (Å²) in [7, 11) is 1.70. The van der Waals surface area contributed by atoms with E-state index in [9.17, 15) is 4.79 Å². The molecule has 0 radical (unpaired) electrons. The van der Waals surface area contributed by atoms with Gasteiger partial charge >= 0.3 is 5.97 Å². The summed E-state index contributed by atoms with van der Waals surface area (Å²) in [4.78, 5) is 11.9. The molecule has 124 valence electrons. The summed E-state index contributed by atoms with van der Waals surface area (Å²) in [5.41, 5.74) is 4.66. The van der Waals surface area contributed by atoms with Gasteiger partial charge in [0, 0.05) is 28.0 Å². The molecule has 24 heavy (non-hydrogen) atoms. The van der Waals surface area contributed by atoms with Gasteiger partial charge in [0.05, 0.1) is 7.11 Å². The van der Waals surface area contributed by atoms with Gasteiger partial charge in [0.25, 0.3) is 0 Å². The van der Waals surface area contributed by atoms with E-state index in [1.54, 1.807) is 7.11 Å². The Kier molecular flexibility index (Phi) is 4.43. The molecular formula is C21H22O3. The zero-order valence-electron chi connectivity index (χ0n) is 14.4. The molecule has 0 spiro atoms. The lowest BCUT2D eigenvalue weighted by Crippen LogP contribution is -2.12. The number of rotatable bonds is 4. The zero-order valence-corrected chi connectivity index (χ0v) is 14.4. The fourth-order valence-electron chi connectivity index (χ4n) is 3.35. The molecule has 0 atom stereocenters. The molecule has 1 aliphatic carbocycles. The van der Waals surface area contributed by atoms with Gasteiger partial charge in [0.15, 0.2) is 0 Å². The van der Waals surface area contributed by atoms with Crippen molar-refractivity contribution in [3.8, 4) is 11.5 Å². The van der Waals surface area contributed by atoms with Crippen molar-refractivity contribution in [3.63, 3.8) is 0 Å². The van der Waals surface area contributed by atoms with Crippen molar-refractivity contribution < 1.29 is 14.3 Å². The van der Waals surface area contributed by atoms with E-state index in [1.807, 2.05) is 19.1 Å². The highest BCUT2D eigenvalue weighted by molar-refractivity contribution is 5.99. The molecule has 0 unspecified atom stereocenters. The minimum absolute atomic E-state index is 0.433. The molecule has 0 N–H and O–H groups in total. The average molecular weight is 322 g/mol. The number of allylic oxidation sites excluding steroid dienone is 2. The molecule has 3 nitrogen and oxygen atoms in total. The van der Waals surface area contributed by atoms with Crippen LogP contribution < -0.4 is 9.47 Å². The van der Waals surface area contributed by atoms with E-state index in [1.165, 1.54) is 11.6 Å². The van der Waals surface area contributed by atoms with Crippen LogP contribution in [0.4, 0.5) is 0 Å². The van der Waals surface area contributed by atoms with E-state index in [4.69, 9.17) is 9.47 Å². The molecule has 3 heteroatoms. The van der Waals surface area contributed by atoms with Gasteiger partial charge in [-0.2, -0.15) is 0 Å². The zero-order chi connectivity index (χ0) is 17.3. The highest BCUT2D eigenvalue weighted by Crippen LogP contribution is 2.44. The number of carbonyl (C=O) groups is 1. The molecule has 0 aromatic heterocycles. The van der Waals surface area contributed by atoms with Crippen LogP contribution in [-0.2, 0) is 17.6 Å². The Morgan fingerprint density at radius 2 is 2.04 bits per heavy atom. The monoisotopic (exact) mass is 322 g/mol. The van der Waals surface area contributed by atoms with Crippen molar-refractivity contribution in [1.82, 2.24) is 0 Å². The second-order valence-electron chi connectivity index (χ2n) is 6.09. The third kappa shape index (κ3) is 2.71. The van der Waals surface area contributed by atoms with Gasteiger partial charge in [-0.05, 0) is 32.3 Å². The molecule has 0 amide bonds. The Hall–Kier alpha value is -2.55. The van der Waals surface area contributed by atoms with Crippen LogP contribution in [0.2, 0.25) is 0 Å². The number of hydrogen-bond donors (Lipinski definition) is 0. The van der Waals surface area contributed by atoms with Gasteiger partial charge < -0.3 is 9.47 Å². The first-order chi connectivity index (χ1) is 11.6. The molecule has 0 aliphatic heterocycles. The summed E-state index contributed by atoms with van der Waals surface area (Å²) < 4.78 is 11.4. The Morgan fingerprint density at radius 3 is 2.71 bits per heavy atom. The van der Waals surface area contributed by atoms with Crippen molar-refractivity contribution in [2.24, 2.45) is 0 Å². The number of methoxy groups -OCH3 is 1. The van der Waals surface area contributed by atoms with Crippen LogP contribution in [0, 0.1) is 6.92 Å². The minimum Gasteiger partial charge on any atom is -0.496 e. The first kappa shape index (κ1) is 16.3. The maximum absolute atomic E-state index is 11.9. The van der Waals surface area contributed by atoms with E-state index in [-0.39, 0.29) is 0 Å². The maximum atomic E-state index is 11.9. The lowest BCUT2D eigenvalue weighted by Gasteiger charge is -2.24. The predicted octanol–water partition coefficient (Wildman–Crippen LogP) is 4.68. The number of ether oxygens (including phenoxy) is 2. The van der Waals surface area contributed by atoms with E-state index in [2.05, 4.69) is 25.6 Å². The standard InChI is InChI=1S/C21H22O3/c1-5-14-8-10-15-18(12-14)21(24-19(22)6-2)16-9-7-13(3)11-17(16)20(15)23-4/h6-9,11H,2,5,10,12H2,1,3-4H3. The minimum atomic E-state index is -0.433. The molecule has 2 aromatic rings. The molecule has 2 aromatic carbocycles. The van der Waals surface area contributed by atoms with Crippen LogP contribution >= 0.6 is 0 Å². The van der Waals surface area contributed by atoms with Crippen molar-refractivity contribution in [3.05, 3.63) is 59.2 Å². The number of esters is 1. The van der Waals surface area contributed by atoms with Gasteiger partial charge in [-0.3, -0.25) is 0 Å². The van der Waals surface area contributed by atoms with Crippen LogP contribution in [0.3, 0.4) is 0 Å². The van der Waals surface area contributed by atoms with Gasteiger partial charge in [0.2, 0.25) is 0 Å². The van der Waals surface area contributed by atoms with Gasteiger partial charge in [-0.25, -0.2) is 4.79 Å². The Bertz CT molecular complexity index is 859. The largest absolute Gasteiger partial charge is 0.496 e. The van der Waals surface area contributed by atoms with Crippen LogP contribution in [0.5, 0.6) is 11.5 Å². The van der Waals surface area contributed by atoms with Crippen molar-refractivity contribution in [1.29, 1.82) is 0 Å². The average Bonchev–Trinajstić information content (AvgIpc) is 2.60. The summed E-state index contributed by atoms with van der Waals surface area (Å²) in [6, 6.07) is 6.11. The lowest BCUT2D eigenvalue weighted by molar-refractivity contribution is -0.128. The summed E-state index contributed by atoms with van der Waals surface area (Å²) in [6.45, 7) is 7.71. The van der Waals surface area contributed by atoms with E-state index in [0.717, 1.165) is 52.5 Å². The molecular weight excluding hydrogens is 300 g/mol. The quantitative estimate of drug-likeness (QED) is 0.355. The Morgan fingerprint density at radius 1 is 1.25 bits per heavy atom. The van der Waals surface area contributed by atoms with Crippen molar-refractivity contribution >= 4 is 16.7 Å². The smallest absolute Gasteiger partial charge is 0.335 e. The molecule has 1 aliphatic rings. The molecule has 0 saturated heterocycles.